The fourth-order valence-electron chi connectivity index (χ4n) is 13.6. The van der Waals surface area contributed by atoms with Crippen LogP contribution in [-0.2, 0) is 10.8 Å². The van der Waals surface area contributed by atoms with Crippen LogP contribution in [0.1, 0.15) is 44.5 Å². The van der Waals surface area contributed by atoms with Gasteiger partial charge >= 0.3 is 0 Å². The average Bonchev–Trinajstić information content (AvgIpc) is 4.18. The van der Waals surface area contributed by atoms with Crippen LogP contribution in [0.3, 0.4) is 0 Å². The Balaban J connectivity index is 1.04. The van der Waals surface area contributed by atoms with E-state index in [-0.39, 0.29) is 0 Å². The van der Waals surface area contributed by atoms with E-state index in [9.17, 15) is 0 Å². The molecule has 0 N–H and O–H groups in total. The maximum Gasteiger partial charge on any atom is 0.0727 e. The van der Waals surface area contributed by atoms with Gasteiger partial charge in [0, 0.05) is 33.6 Å². The van der Waals surface area contributed by atoms with Crippen molar-refractivity contribution in [3.8, 4) is 33.4 Å². The summed E-state index contributed by atoms with van der Waals surface area (Å²) in [6, 6.07) is 108. The minimum absolute atomic E-state index is 0.548. The highest BCUT2D eigenvalue weighted by Crippen LogP contribution is 2.67. The number of rotatable bonds is 8. The Kier molecular flexibility index (Phi) is 9.43. The molecule has 0 saturated heterocycles. The van der Waals surface area contributed by atoms with E-state index in [4.69, 9.17) is 0 Å². The highest BCUT2D eigenvalue weighted by Gasteiger charge is 2.54. The maximum absolute atomic E-state index is 2.57. The van der Waals surface area contributed by atoms with Crippen LogP contribution in [0.2, 0.25) is 0 Å². The van der Waals surface area contributed by atoms with Crippen LogP contribution in [-0.4, -0.2) is 0 Å². The number of anilines is 6. The predicted molar refractivity (Wildman–Crippen MR) is 307 cm³/mol. The largest absolute Gasteiger partial charge is 0.310 e. The van der Waals surface area contributed by atoms with Gasteiger partial charge in [-0.2, -0.15) is 0 Å². The summed E-state index contributed by atoms with van der Waals surface area (Å²) in [4.78, 5) is 5.02. The lowest BCUT2D eigenvalue weighted by Gasteiger charge is -2.35. The van der Waals surface area contributed by atoms with E-state index in [0.29, 0.717) is 0 Å². The molecule has 0 heterocycles. The van der Waals surface area contributed by atoms with E-state index in [2.05, 4.69) is 301 Å². The summed E-state index contributed by atoms with van der Waals surface area (Å²) >= 11 is 0. The summed E-state index contributed by atoms with van der Waals surface area (Å²) in [6.45, 7) is 0. The van der Waals surface area contributed by atoms with E-state index >= 15 is 0 Å². The van der Waals surface area contributed by atoms with Gasteiger partial charge in [-0.15, -0.1) is 0 Å². The number of hydrogen-bond donors (Lipinski definition) is 0. The zero-order valence-electron chi connectivity index (χ0n) is 40.6. The number of nitrogens with zero attached hydrogens (tertiary/aromatic N) is 2. The Morgan fingerprint density at radius 3 is 1.05 bits per heavy atom. The second kappa shape index (κ2) is 16.5. The number of para-hydroxylation sites is 3. The summed E-state index contributed by atoms with van der Waals surface area (Å²) in [5.41, 5.74) is 23.4. The molecule has 12 aromatic carbocycles. The molecule has 2 nitrogen and oxygen atoms in total. The first-order chi connectivity index (χ1) is 36.8. The molecule has 1 spiro atoms. The molecule has 12 aromatic rings. The van der Waals surface area contributed by atoms with Crippen LogP contribution >= 0.6 is 0 Å². The lowest BCUT2D eigenvalue weighted by molar-refractivity contribution is 0.768. The smallest absolute Gasteiger partial charge is 0.0727 e. The first kappa shape index (κ1) is 42.2. The molecule has 0 aliphatic heterocycles. The average molecular weight is 941 g/mol. The predicted octanol–water partition coefficient (Wildman–Crippen LogP) is 18.5. The molecule has 1 unspecified atom stereocenters. The minimum Gasteiger partial charge on any atom is -0.310 e. The highest BCUT2D eigenvalue weighted by molar-refractivity contribution is 6.13. The molecule has 3 aliphatic rings. The molecule has 2 heteroatoms. The van der Waals surface area contributed by atoms with Crippen molar-refractivity contribution < 1.29 is 0 Å². The number of fused-ring (bicyclic) bond motifs is 15. The number of benzene rings is 12. The van der Waals surface area contributed by atoms with E-state index in [0.717, 1.165) is 34.1 Å². The molecule has 0 fully saturated rings. The van der Waals surface area contributed by atoms with Crippen LogP contribution in [0.4, 0.5) is 34.1 Å². The van der Waals surface area contributed by atoms with Gasteiger partial charge < -0.3 is 9.80 Å². The molecule has 3 aliphatic carbocycles. The molecule has 0 saturated carbocycles. The number of hydrogen-bond acceptors (Lipinski definition) is 2. The van der Waals surface area contributed by atoms with Gasteiger partial charge in [-0.1, -0.05) is 237 Å². The Morgan fingerprint density at radius 2 is 0.568 bits per heavy atom. The van der Waals surface area contributed by atoms with Crippen LogP contribution in [0.25, 0.3) is 44.2 Å². The monoisotopic (exact) mass is 940 g/mol. The molecule has 0 amide bonds. The molecule has 0 aromatic heterocycles. The molecule has 0 radical (unpaired) electrons. The lowest BCUT2D eigenvalue weighted by Crippen LogP contribution is -2.28. The molecule has 0 bridgehead atoms. The molecule has 1 atom stereocenters. The molecular weight excluding hydrogens is 893 g/mol. The standard InChI is InChI=1S/C72H48N2/c1-6-26-49(27-7-1)71(50-28-8-2-9-29-50)59-41-21-19-39-57(59)69-62(71)44-24-46-65(69)74(53-34-14-5-15-35-53)66-47-25-45-63-70(66)58-40-20-23-43-61(58)72(63)60-42-22-18-38-56(60)68-55-37-17-16-36-54(55)67(48-64(68)72)73(51-30-10-3-11-31-51)52-32-12-4-13-33-52/h1-48H. The molecular formula is C72H48N2. The second-order valence-electron chi connectivity index (χ2n) is 19.8. The summed E-state index contributed by atoms with van der Waals surface area (Å²) in [5.74, 6) is 0. The first-order valence-electron chi connectivity index (χ1n) is 25.8. The third-order valence-corrected chi connectivity index (χ3v) is 16.3. The van der Waals surface area contributed by atoms with Gasteiger partial charge in [-0.3, -0.25) is 0 Å². The summed E-state index contributed by atoms with van der Waals surface area (Å²) in [6.07, 6.45) is 0. The molecule has 74 heavy (non-hydrogen) atoms. The Bertz CT molecular complexity index is 4050. The van der Waals surface area contributed by atoms with Crippen molar-refractivity contribution in [3.05, 3.63) is 336 Å². The Labute approximate surface area is 432 Å². The van der Waals surface area contributed by atoms with Gasteiger partial charge in [-0.05, 0) is 127 Å². The Morgan fingerprint density at radius 1 is 0.216 bits per heavy atom. The van der Waals surface area contributed by atoms with Crippen LogP contribution in [0.15, 0.2) is 291 Å². The van der Waals surface area contributed by atoms with Gasteiger partial charge in [0.2, 0.25) is 0 Å². The minimum atomic E-state index is -0.644. The maximum atomic E-state index is 2.57. The van der Waals surface area contributed by atoms with Crippen LogP contribution < -0.4 is 9.80 Å². The van der Waals surface area contributed by atoms with Crippen LogP contribution in [0.5, 0.6) is 0 Å². The topological polar surface area (TPSA) is 6.48 Å². The fourth-order valence-corrected chi connectivity index (χ4v) is 13.6. The first-order valence-corrected chi connectivity index (χ1v) is 25.8. The quantitative estimate of drug-likeness (QED) is 0.150. The summed E-state index contributed by atoms with van der Waals surface area (Å²) in [5, 5.41) is 2.45. The summed E-state index contributed by atoms with van der Waals surface area (Å²) in [7, 11) is 0. The van der Waals surface area contributed by atoms with Gasteiger partial charge in [0.25, 0.3) is 0 Å². The van der Waals surface area contributed by atoms with E-state index in [1.165, 1.54) is 88.7 Å². The zero-order chi connectivity index (χ0) is 48.8. The lowest BCUT2D eigenvalue weighted by atomic mass is 9.68. The second-order valence-corrected chi connectivity index (χ2v) is 19.8. The van der Waals surface area contributed by atoms with Gasteiger partial charge in [0.1, 0.15) is 0 Å². The molecule has 15 rings (SSSR count). The van der Waals surface area contributed by atoms with Crippen molar-refractivity contribution in [1.82, 2.24) is 0 Å². The summed E-state index contributed by atoms with van der Waals surface area (Å²) < 4.78 is 0. The van der Waals surface area contributed by atoms with Gasteiger partial charge in [0.15, 0.2) is 0 Å². The van der Waals surface area contributed by atoms with Gasteiger partial charge in [-0.25, -0.2) is 0 Å². The van der Waals surface area contributed by atoms with Crippen LogP contribution in [0, 0.1) is 0 Å². The fraction of sp³-hybridized carbons (Fsp3) is 0.0278. The third-order valence-electron chi connectivity index (χ3n) is 16.3. The van der Waals surface area contributed by atoms with Crippen molar-refractivity contribution in [3.63, 3.8) is 0 Å². The zero-order valence-corrected chi connectivity index (χ0v) is 40.6. The van der Waals surface area contributed by atoms with Crippen molar-refractivity contribution in [2.45, 2.75) is 10.8 Å². The Hall–Kier alpha value is -9.50. The van der Waals surface area contributed by atoms with E-state index < -0.39 is 10.8 Å². The SMILES string of the molecule is c1ccc(N(c2cccc3c2-c2ccccc2C3(c2ccccc2)c2ccccc2)c2cccc3c2-c2ccccc2C32c3ccccc3-c3c2cc(N(c2ccccc2)c2ccccc2)c2ccccc32)cc1. The normalized spacial score (nSPS) is 14.9. The van der Waals surface area contributed by atoms with E-state index in [1.807, 2.05) is 0 Å². The van der Waals surface area contributed by atoms with Gasteiger partial charge in [0.05, 0.1) is 27.9 Å². The molecule has 346 valence electrons. The van der Waals surface area contributed by atoms with Crippen molar-refractivity contribution >= 4 is 44.9 Å². The van der Waals surface area contributed by atoms with Crippen molar-refractivity contribution in [2.24, 2.45) is 0 Å². The third kappa shape index (κ3) is 5.76. The van der Waals surface area contributed by atoms with E-state index in [1.54, 1.807) is 0 Å². The van der Waals surface area contributed by atoms with Crippen molar-refractivity contribution in [2.75, 3.05) is 9.80 Å². The highest BCUT2D eigenvalue weighted by atomic mass is 15.2. The van der Waals surface area contributed by atoms with Crippen molar-refractivity contribution in [1.29, 1.82) is 0 Å².